The molecule has 0 aromatic heterocycles. The van der Waals surface area contributed by atoms with Gasteiger partial charge in [0.05, 0.1) is 6.61 Å². The molecular weight excluding hydrogens is 328 g/mol. The van der Waals surface area contributed by atoms with Crippen molar-refractivity contribution in [2.24, 2.45) is 0 Å². The molecule has 0 saturated carbocycles. The smallest absolute Gasteiger partial charge is 0.123 e. The molecular formula is C17H27BrN2O. The summed E-state index contributed by atoms with van der Waals surface area (Å²) < 4.78 is 6.96. The van der Waals surface area contributed by atoms with Crippen LogP contribution in [0, 0.1) is 0 Å². The molecule has 1 aliphatic heterocycles. The molecule has 2 rings (SSSR count). The monoisotopic (exact) mass is 354 g/mol. The Morgan fingerprint density at radius 2 is 2.05 bits per heavy atom. The first-order chi connectivity index (χ1) is 10.2. The van der Waals surface area contributed by atoms with Crippen LogP contribution < -0.4 is 10.1 Å². The summed E-state index contributed by atoms with van der Waals surface area (Å²) in [5.41, 5.74) is 1.25. The highest BCUT2D eigenvalue weighted by Gasteiger charge is 2.17. The molecule has 1 heterocycles. The van der Waals surface area contributed by atoms with Crippen LogP contribution in [0.3, 0.4) is 0 Å². The van der Waals surface area contributed by atoms with E-state index in [0.717, 1.165) is 29.8 Å². The Balaban J connectivity index is 1.88. The number of hydrogen-bond acceptors (Lipinski definition) is 3. The third kappa shape index (κ3) is 5.28. The van der Waals surface area contributed by atoms with Crippen molar-refractivity contribution in [2.75, 3.05) is 26.2 Å². The zero-order valence-corrected chi connectivity index (χ0v) is 14.8. The Labute approximate surface area is 137 Å². The minimum Gasteiger partial charge on any atom is -0.493 e. The van der Waals surface area contributed by atoms with Gasteiger partial charge in [-0.2, -0.15) is 0 Å². The van der Waals surface area contributed by atoms with Crippen molar-refractivity contribution in [3.8, 4) is 5.75 Å². The molecule has 4 heteroatoms. The maximum Gasteiger partial charge on any atom is 0.123 e. The lowest BCUT2D eigenvalue weighted by molar-refractivity contribution is 0.205. The highest BCUT2D eigenvalue weighted by molar-refractivity contribution is 9.10. The van der Waals surface area contributed by atoms with Gasteiger partial charge in [-0.1, -0.05) is 29.8 Å². The number of nitrogens with one attached hydrogen (secondary N) is 1. The summed E-state index contributed by atoms with van der Waals surface area (Å²) in [6, 6.07) is 6.91. The Bertz CT molecular complexity index is 431. The molecule has 0 unspecified atom stereocenters. The van der Waals surface area contributed by atoms with Crippen LogP contribution in [0.1, 0.15) is 38.7 Å². The van der Waals surface area contributed by atoms with Gasteiger partial charge in [-0.25, -0.2) is 0 Å². The lowest BCUT2D eigenvalue weighted by atomic mass is 10.0. The van der Waals surface area contributed by atoms with Crippen LogP contribution in [-0.4, -0.2) is 37.2 Å². The number of benzene rings is 1. The number of hydrogen-bond donors (Lipinski definition) is 1. The van der Waals surface area contributed by atoms with E-state index in [9.17, 15) is 0 Å². The van der Waals surface area contributed by atoms with E-state index in [2.05, 4.69) is 52.1 Å². The van der Waals surface area contributed by atoms with E-state index in [0.29, 0.717) is 6.04 Å². The highest BCUT2D eigenvalue weighted by atomic mass is 79.9. The summed E-state index contributed by atoms with van der Waals surface area (Å²) in [5.74, 6) is 1.01. The second kappa shape index (κ2) is 8.76. The second-order valence-corrected chi connectivity index (χ2v) is 6.61. The maximum atomic E-state index is 5.85. The van der Waals surface area contributed by atoms with Crippen molar-refractivity contribution in [3.05, 3.63) is 28.2 Å². The molecule has 1 N–H and O–H groups in total. The fourth-order valence-electron chi connectivity index (χ4n) is 2.75. The van der Waals surface area contributed by atoms with Gasteiger partial charge in [0.2, 0.25) is 0 Å². The topological polar surface area (TPSA) is 24.5 Å². The number of ether oxygens (including phenoxy) is 1. The van der Waals surface area contributed by atoms with Gasteiger partial charge in [0.25, 0.3) is 0 Å². The van der Waals surface area contributed by atoms with E-state index in [1.807, 2.05) is 6.07 Å². The van der Waals surface area contributed by atoms with Crippen LogP contribution >= 0.6 is 15.9 Å². The molecule has 0 spiro atoms. The fraction of sp³-hybridized carbons (Fsp3) is 0.647. The molecule has 0 bridgehead atoms. The summed E-state index contributed by atoms with van der Waals surface area (Å²) in [7, 11) is 0. The molecule has 1 fully saturated rings. The first kappa shape index (κ1) is 16.8. The summed E-state index contributed by atoms with van der Waals surface area (Å²) >= 11 is 3.56. The number of halogens is 1. The summed E-state index contributed by atoms with van der Waals surface area (Å²) in [6.45, 7) is 9.65. The van der Waals surface area contributed by atoms with Gasteiger partial charge >= 0.3 is 0 Å². The van der Waals surface area contributed by atoms with Crippen LogP contribution in [-0.2, 0) is 6.54 Å². The standard InChI is InChI=1S/C17H27BrN2O/c1-3-11-21-17-6-5-15(18)12-14(17)13-19-16-7-9-20(4-2)10-8-16/h5-6,12,16,19H,3-4,7-11,13H2,1-2H3. The van der Waals surface area contributed by atoms with E-state index < -0.39 is 0 Å². The predicted octanol–water partition coefficient (Wildman–Crippen LogP) is 3.81. The molecule has 1 aromatic carbocycles. The van der Waals surface area contributed by atoms with Crippen molar-refractivity contribution in [1.29, 1.82) is 0 Å². The third-order valence-electron chi connectivity index (χ3n) is 4.10. The number of likely N-dealkylation sites (tertiary alicyclic amines) is 1. The van der Waals surface area contributed by atoms with Gasteiger partial charge in [-0.05, 0) is 57.1 Å². The Morgan fingerprint density at radius 3 is 2.71 bits per heavy atom. The lowest BCUT2D eigenvalue weighted by Gasteiger charge is -2.31. The SMILES string of the molecule is CCCOc1ccc(Br)cc1CNC1CCN(CC)CC1. The normalized spacial score (nSPS) is 17.1. The average Bonchev–Trinajstić information content (AvgIpc) is 2.52. The molecule has 0 amide bonds. The number of rotatable bonds is 7. The van der Waals surface area contributed by atoms with Crippen molar-refractivity contribution >= 4 is 15.9 Å². The third-order valence-corrected chi connectivity index (χ3v) is 4.59. The van der Waals surface area contributed by atoms with Crippen LogP contribution in [0.4, 0.5) is 0 Å². The first-order valence-corrected chi connectivity index (χ1v) is 8.89. The van der Waals surface area contributed by atoms with Crippen molar-refractivity contribution < 1.29 is 4.74 Å². The molecule has 21 heavy (non-hydrogen) atoms. The zero-order chi connectivity index (χ0) is 15.1. The van der Waals surface area contributed by atoms with Gasteiger partial charge in [0.1, 0.15) is 5.75 Å². The average molecular weight is 355 g/mol. The maximum absolute atomic E-state index is 5.85. The molecule has 1 aliphatic rings. The first-order valence-electron chi connectivity index (χ1n) is 8.09. The van der Waals surface area contributed by atoms with Gasteiger partial charge in [0.15, 0.2) is 0 Å². The second-order valence-electron chi connectivity index (χ2n) is 5.69. The molecule has 3 nitrogen and oxygen atoms in total. The molecule has 1 saturated heterocycles. The molecule has 0 atom stereocenters. The molecule has 0 aliphatic carbocycles. The summed E-state index contributed by atoms with van der Waals surface area (Å²) in [5, 5.41) is 3.70. The lowest BCUT2D eigenvalue weighted by Crippen LogP contribution is -2.42. The predicted molar refractivity (Wildman–Crippen MR) is 91.9 cm³/mol. The van der Waals surface area contributed by atoms with Crippen molar-refractivity contribution in [3.63, 3.8) is 0 Å². The van der Waals surface area contributed by atoms with Crippen LogP contribution in [0.25, 0.3) is 0 Å². The van der Waals surface area contributed by atoms with Gasteiger partial charge in [0, 0.05) is 22.6 Å². The Hall–Kier alpha value is -0.580. The van der Waals surface area contributed by atoms with Crippen LogP contribution in [0.5, 0.6) is 5.75 Å². The zero-order valence-electron chi connectivity index (χ0n) is 13.2. The van der Waals surface area contributed by atoms with Gasteiger partial charge < -0.3 is 15.0 Å². The van der Waals surface area contributed by atoms with E-state index in [1.54, 1.807) is 0 Å². The van der Waals surface area contributed by atoms with Crippen molar-refractivity contribution in [2.45, 2.75) is 45.7 Å². The number of piperidine rings is 1. The van der Waals surface area contributed by atoms with Crippen molar-refractivity contribution in [1.82, 2.24) is 10.2 Å². The minimum absolute atomic E-state index is 0.630. The highest BCUT2D eigenvalue weighted by Crippen LogP contribution is 2.24. The molecule has 1 aromatic rings. The minimum atomic E-state index is 0.630. The Kier molecular flexibility index (Phi) is 7.00. The quantitative estimate of drug-likeness (QED) is 0.805. The summed E-state index contributed by atoms with van der Waals surface area (Å²) in [6.07, 6.45) is 3.53. The van der Waals surface area contributed by atoms with Crippen LogP contribution in [0.15, 0.2) is 22.7 Å². The van der Waals surface area contributed by atoms with Crippen LogP contribution in [0.2, 0.25) is 0 Å². The molecule has 0 radical (unpaired) electrons. The van der Waals surface area contributed by atoms with Gasteiger partial charge in [-0.3, -0.25) is 0 Å². The number of nitrogens with zero attached hydrogens (tertiary/aromatic N) is 1. The Morgan fingerprint density at radius 1 is 1.29 bits per heavy atom. The van der Waals surface area contributed by atoms with E-state index >= 15 is 0 Å². The van der Waals surface area contributed by atoms with E-state index in [-0.39, 0.29) is 0 Å². The van der Waals surface area contributed by atoms with E-state index in [4.69, 9.17) is 4.74 Å². The van der Waals surface area contributed by atoms with Gasteiger partial charge in [-0.15, -0.1) is 0 Å². The molecule has 118 valence electrons. The van der Waals surface area contributed by atoms with E-state index in [1.165, 1.54) is 38.0 Å². The fourth-order valence-corrected chi connectivity index (χ4v) is 3.16. The summed E-state index contributed by atoms with van der Waals surface area (Å²) in [4.78, 5) is 2.52. The largest absolute Gasteiger partial charge is 0.493 e.